The van der Waals surface area contributed by atoms with Gasteiger partial charge in [0.25, 0.3) is 5.91 Å². The molecule has 0 saturated carbocycles. The summed E-state index contributed by atoms with van der Waals surface area (Å²) < 4.78 is 12.8. The molecule has 4 aromatic rings. The predicted molar refractivity (Wildman–Crippen MR) is 117 cm³/mol. The molecule has 1 N–H and O–H groups in total. The fourth-order valence-corrected chi connectivity index (χ4v) is 3.01. The van der Waals surface area contributed by atoms with Crippen molar-refractivity contribution in [1.29, 1.82) is 0 Å². The maximum atomic E-state index is 12.2. The minimum Gasteiger partial charge on any atom is -0.493 e. The van der Waals surface area contributed by atoms with E-state index >= 15 is 0 Å². The topological polar surface area (TPSA) is 90.6 Å². The highest BCUT2D eigenvalue weighted by Gasteiger charge is 2.08. The normalized spacial score (nSPS) is 11.0. The van der Waals surface area contributed by atoms with Gasteiger partial charge in [0.1, 0.15) is 18.7 Å². The third-order valence-corrected chi connectivity index (χ3v) is 4.54. The molecule has 0 radical (unpaired) electrons. The summed E-state index contributed by atoms with van der Waals surface area (Å²) >= 11 is 0. The summed E-state index contributed by atoms with van der Waals surface area (Å²) in [5.74, 6) is 0.909. The lowest BCUT2D eigenvalue weighted by molar-refractivity contribution is -0.121. The maximum Gasteiger partial charge on any atom is 0.261 e. The standard InChI is InChI=1S/C23H21N5O3/c1-30-21-12-11-18(13-22(21)31-16-17-7-3-2-4-8-17)14-24-26-23(29)15-28-20-10-6-5-9-19(20)25-27-28/h2-14H,15-16H2,1H3,(H,26,29). The summed E-state index contributed by atoms with van der Waals surface area (Å²) in [6.07, 6.45) is 1.55. The van der Waals surface area contributed by atoms with Crippen molar-refractivity contribution >= 4 is 23.2 Å². The molecule has 0 aliphatic carbocycles. The fourth-order valence-electron chi connectivity index (χ4n) is 3.01. The van der Waals surface area contributed by atoms with Crippen LogP contribution in [0.2, 0.25) is 0 Å². The Hall–Kier alpha value is -4.20. The van der Waals surface area contributed by atoms with Crippen molar-refractivity contribution in [2.45, 2.75) is 13.2 Å². The van der Waals surface area contributed by atoms with Gasteiger partial charge < -0.3 is 9.47 Å². The minimum atomic E-state index is -0.305. The van der Waals surface area contributed by atoms with E-state index in [1.165, 1.54) is 4.68 Å². The number of hydrogen-bond acceptors (Lipinski definition) is 6. The average molecular weight is 415 g/mol. The molecule has 0 aliphatic rings. The molecule has 31 heavy (non-hydrogen) atoms. The highest BCUT2D eigenvalue weighted by molar-refractivity contribution is 5.84. The van der Waals surface area contributed by atoms with Gasteiger partial charge in [-0.05, 0) is 41.5 Å². The van der Waals surface area contributed by atoms with Crippen molar-refractivity contribution in [3.05, 3.63) is 83.9 Å². The first-order valence-corrected chi connectivity index (χ1v) is 9.68. The second-order valence-corrected chi connectivity index (χ2v) is 6.71. The van der Waals surface area contributed by atoms with Crippen molar-refractivity contribution in [1.82, 2.24) is 20.4 Å². The van der Waals surface area contributed by atoms with Crippen LogP contribution in [0, 0.1) is 0 Å². The first kappa shape index (κ1) is 20.1. The number of hydrogen-bond donors (Lipinski definition) is 1. The SMILES string of the molecule is COc1ccc(C=NNC(=O)Cn2nnc3ccccc32)cc1OCc1ccccc1. The molecule has 1 amide bonds. The van der Waals surface area contributed by atoms with Crippen LogP contribution in [0.4, 0.5) is 0 Å². The quantitative estimate of drug-likeness (QED) is 0.353. The van der Waals surface area contributed by atoms with E-state index in [1.54, 1.807) is 19.4 Å². The second kappa shape index (κ2) is 9.53. The smallest absolute Gasteiger partial charge is 0.261 e. The van der Waals surface area contributed by atoms with E-state index in [-0.39, 0.29) is 12.5 Å². The van der Waals surface area contributed by atoms with E-state index in [9.17, 15) is 4.79 Å². The van der Waals surface area contributed by atoms with Crippen LogP contribution in [0.1, 0.15) is 11.1 Å². The molecular weight excluding hydrogens is 394 g/mol. The largest absolute Gasteiger partial charge is 0.493 e. The third kappa shape index (κ3) is 5.05. The molecule has 1 aromatic heterocycles. The maximum absolute atomic E-state index is 12.2. The molecule has 0 saturated heterocycles. The van der Waals surface area contributed by atoms with Crippen LogP contribution in [-0.4, -0.2) is 34.2 Å². The molecule has 0 fully saturated rings. The van der Waals surface area contributed by atoms with Crippen molar-refractivity contribution < 1.29 is 14.3 Å². The zero-order valence-electron chi connectivity index (χ0n) is 16.9. The van der Waals surface area contributed by atoms with Gasteiger partial charge in [-0.15, -0.1) is 5.10 Å². The van der Waals surface area contributed by atoms with Gasteiger partial charge in [-0.25, -0.2) is 10.1 Å². The summed E-state index contributed by atoms with van der Waals surface area (Å²) in [4.78, 5) is 12.2. The molecule has 8 heteroatoms. The minimum absolute atomic E-state index is 0.0197. The molecule has 8 nitrogen and oxygen atoms in total. The lowest BCUT2D eigenvalue weighted by atomic mass is 10.2. The Morgan fingerprint density at radius 3 is 2.71 bits per heavy atom. The first-order valence-electron chi connectivity index (χ1n) is 9.68. The number of fused-ring (bicyclic) bond motifs is 1. The van der Waals surface area contributed by atoms with Crippen LogP contribution in [0.5, 0.6) is 11.5 Å². The number of ether oxygens (including phenoxy) is 2. The molecule has 1 heterocycles. The Bertz CT molecular complexity index is 1200. The Morgan fingerprint density at radius 2 is 1.87 bits per heavy atom. The molecule has 4 rings (SSSR count). The number of carbonyl (C=O) groups excluding carboxylic acids is 1. The van der Waals surface area contributed by atoms with Gasteiger partial charge in [0.2, 0.25) is 0 Å². The Kier molecular flexibility index (Phi) is 6.18. The van der Waals surface area contributed by atoms with Crippen LogP contribution in [0.25, 0.3) is 11.0 Å². The Labute approximate surface area is 179 Å². The van der Waals surface area contributed by atoms with E-state index in [0.29, 0.717) is 18.1 Å². The van der Waals surface area contributed by atoms with Crippen molar-refractivity contribution in [2.24, 2.45) is 5.10 Å². The van der Waals surface area contributed by atoms with Gasteiger partial charge in [-0.3, -0.25) is 4.79 Å². The monoisotopic (exact) mass is 415 g/mol. The van der Waals surface area contributed by atoms with E-state index in [0.717, 1.165) is 22.2 Å². The summed E-state index contributed by atoms with van der Waals surface area (Å²) in [7, 11) is 1.59. The highest BCUT2D eigenvalue weighted by atomic mass is 16.5. The summed E-state index contributed by atoms with van der Waals surface area (Å²) in [6.45, 7) is 0.437. The van der Waals surface area contributed by atoms with Crippen LogP contribution < -0.4 is 14.9 Å². The highest BCUT2D eigenvalue weighted by Crippen LogP contribution is 2.28. The average Bonchev–Trinajstić information content (AvgIpc) is 3.21. The summed E-state index contributed by atoms with van der Waals surface area (Å²) in [5.41, 5.74) is 5.85. The molecule has 0 atom stereocenters. The number of carbonyl (C=O) groups is 1. The molecule has 0 unspecified atom stereocenters. The Morgan fingerprint density at radius 1 is 1.06 bits per heavy atom. The van der Waals surface area contributed by atoms with E-state index in [2.05, 4.69) is 20.8 Å². The van der Waals surface area contributed by atoms with Crippen LogP contribution >= 0.6 is 0 Å². The predicted octanol–water partition coefficient (Wildman–Crippen LogP) is 3.17. The molecular formula is C23H21N5O3. The number of amides is 1. The molecule has 0 aliphatic heterocycles. The molecule has 0 bridgehead atoms. The van der Waals surface area contributed by atoms with Gasteiger partial charge in [0.15, 0.2) is 11.5 Å². The van der Waals surface area contributed by atoms with Gasteiger partial charge in [-0.2, -0.15) is 5.10 Å². The van der Waals surface area contributed by atoms with E-state index < -0.39 is 0 Å². The van der Waals surface area contributed by atoms with Gasteiger partial charge in [-0.1, -0.05) is 47.7 Å². The lowest BCUT2D eigenvalue weighted by Crippen LogP contribution is -2.23. The number of hydrazone groups is 1. The number of para-hydroxylation sites is 1. The van der Waals surface area contributed by atoms with Gasteiger partial charge >= 0.3 is 0 Å². The van der Waals surface area contributed by atoms with Crippen LogP contribution in [0.3, 0.4) is 0 Å². The van der Waals surface area contributed by atoms with E-state index in [1.807, 2.05) is 66.7 Å². The van der Waals surface area contributed by atoms with Crippen molar-refractivity contribution in [2.75, 3.05) is 7.11 Å². The second-order valence-electron chi connectivity index (χ2n) is 6.71. The van der Waals surface area contributed by atoms with Crippen molar-refractivity contribution in [3.8, 4) is 11.5 Å². The molecule has 0 spiro atoms. The summed E-state index contributed by atoms with van der Waals surface area (Å²) in [6, 6.07) is 22.8. The van der Waals surface area contributed by atoms with Crippen molar-refractivity contribution in [3.63, 3.8) is 0 Å². The molecule has 3 aromatic carbocycles. The van der Waals surface area contributed by atoms with Crippen LogP contribution in [-0.2, 0) is 17.9 Å². The van der Waals surface area contributed by atoms with Gasteiger partial charge in [0, 0.05) is 0 Å². The number of aromatic nitrogens is 3. The number of nitrogens with zero attached hydrogens (tertiary/aromatic N) is 4. The van der Waals surface area contributed by atoms with E-state index in [4.69, 9.17) is 9.47 Å². The summed E-state index contributed by atoms with van der Waals surface area (Å²) in [5, 5.41) is 12.1. The Balaban J connectivity index is 1.38. The number of methoxy groups -OCH3 is 1. The first-order chi connectivity index (χ1) is 15.2. The van der Waals surface area contributed by atoms with Gasteiger partial charge in [0.05, 0.1) is 18.8 Å². The zero-order chi connectivity index (χ0) is 21.5. The number of benzene rings is 3. The number of rotatable bonds is 8. The lowest BCUT2D eigenvalue weighted by Gasteiger charge is -2.11. The zero-order valence-corrected chi connectivity index (χ0v) is 16.9. The fraction of sp³-hybridized carbons (Fsp3) is 0.130. The molecule has 156 valence electrons. The van der Waals surface area contributed by atoms with Crippen LogP contribution in [0.15, 0.2) is 77.9 Å². The number of nitrogens with one attached hydrogen (secondary N) is 1. The third-order valence-electron chi connectivity index (χ3n) is 4.54.